The van der Waals surface area contributed by atoms with Crippen molar-refractivity contribution in [1.82, 2.24) is 10.6 Å². The van der Waals surface area contributed by atoms with E-state index in [-0.39, 0.29) is 12.5 Å². The lowest BCUT2D eigenvalue weighted by atomic mass is 9.98. The Kier molecular flexibility index (Phi) is 8.56. The lowest BCUT2D eigenvalue weighted by Crippen LogP contribution is -2.48. The zero-order chi connectivity index (χ0) is 22.9. The van der Waals surface area contributed by atoms with Gasteiger partial charge >= 0.3 is 12.1 Å². The van der Waals surface area contributed by atoms with Crippen LogP contribution in [0.2, 0.25) is 0 Å². The number of thioether (sulfide) groups is 1. The van der Waals surface area contributed by atoms with E-state index in [9.17, 15) is 14.4 Å². The smallest absolute Gasteiger partial charge is 0.407 e. The van der Waals surface area contributed by atoms with Crippen LogP contribution < -0.4 is 10.6 Å². The van der Waals surface area contributed by atoms with Gasteiger partial charge in [0, 0.05) is 12.5 Å². The highest BCUT2D eigenvalue weighted by atomic mass is 32.2. The maximum absolute atomic E-state index is 12.4. The van der Waals surface area contributed by atoms with Crippen LogP contribution in [0.15, 0.2) is 48.5 Å². The molecule has 0 fully saturated rings. The molecule has 1 unspecified atom stereocenters. The molecule has 0 bridgehead atoms. The molecule has 0 saturated carbocycles. The molecule has 3 rings (SSSR count). The number of carboxylic acid groups (broad SMARTS) is 1. The molecule has 2 aromatic rings. The van der Waals surface area contributed by atoms with Crippen LogP contribution in [0.5, 0.6) is 0 Å². The molecule has 170 valence electrons. The lowest BCUT2D eigenvalue weighted by Gasteiger charge is -2.18. The van der Waals surface area contributed by atoms with Gasteiger partial charge in [0.1, 0.15) is 12.6 Å². The van der Waals surface area contributed by atoms with Crippen LogP contribution in [-0.4, -0.2) is 53.8 Å². The van der Waals surface area contributed by atoms with Crippen LogP contribution in [0.1, 0.15) is 36.8 Å². The van der Waals surface area contributed by atoms with Crippen LogP contribution in [0.4, 0.5) is 4.79 Å². The molecule has 0 heterocycles. The van der Waals surface area contributed by atoms with E-state index in [1.165, 1.54) is 0 Å². The summed E-state index contributed by atoms with van der Waals surface area (Å²) in [6.45, 7) is 2.58. The number of carbonyl (C=O) groups excluding carboxylic acids is 2. The first-order valence-corrected chi connectivity index (χ1v) is 11.9. The Bertz CT molecular complexity index is 919. The van der Waals surface area contributed by atoms with Gasteiger partial charge in [-0.05, 0) is 40.2 Å². The van der Waals surface area contributed by atoms with Gasteiger partial charge in [0.05, 0.1) is 6.42 Å². The molecule has 0 aliphatic heterocycles. The van der Waals surface area contributed by atoms with Gasteiger partial charge in [-0.15, -0.1) is 0 Å². The molecule has 2 aromatic carbocycles. The summed E-state index contributed by atoms with van der Waals surface area (Å²) in [5.74, 6) is 0.0862. The minimum atomic E-state index is -1.19. The highest BCUT2D eigenvalue weighted by Gasteiger charge is 2.30. The van der Waals surface area contributed by atoms with Gasteiger partial charge in [0.2, 0.25) is 5.91 Å². The predicted molar refractivity (Wildman–Crippen MR) is 125 cm³/mol. The number of nitrogens with one attached hydrogen (secondary N) is 2. The number of ether oxygens (including phenoxy) is 1. The van der Waals surface area contributed by atoms with E-state index in [4.69, 9.17) is 9.84 Å². The summed E-state index contributed by atoms with van der Waals surface area (Å²) in [5, 5.41) is 14.2. The fraction of sp³-hybridized carbons (Fsp3) is 0.375. The van der Waals surface area contributed by atoms with Crippen molar-refractivity contribution in [2.75, 3.05) is 24.7 Å². The second kappa shape index (κ2) is 11.6. The number of rotatable bonds is 11. The maximum atomic E-state index is 12.4. The molecule has 8 heteroatoms. The van der Waals surface area contributed by atoms with Crippen LogP contribution in [0, 0.1) is 0 Å². The molecule has 0 spiro atoms. The normalized spacial score (nSPS) is 13.0. The summed E-state index contributed by atoms with van der Waals surface area (Å²) in [7, 11) is 0. The standard InChI is InChI=1S/C24H28N2O5S/c1-2-32-13-7-12-25-23(29)21(14-22(27)28)26-24(30)31-15-20-18-10-5-3-8-16(18)17-9-4-6-11-19(17)20/h3-6,8-11,20-21H,2,7,12-15H2,1H3,(H,25,29)(H,26,30)(H,27,28). The minimum Gasteiger partial charge on any atom is -0.481 e. The molecule has 1 aliphatic rings. The molecule has 0 aromatic heterocycles. The Morgan fingerprint density at radius 1 is 1.06 bits per heavy atom. The number of alkyl carbamates (subject to hydrolysis) is 1. The number of carbonyl (C=O) groups is 3. The summed E-state index contributed by atoms with van der Waals surface area (Å²) in [5.41, 5.74) is 4.38. The lowest BCUT2D eigenvalue weighted by molar-refractivity contribution is -0.139. The number of carboxylic acids is 1. The third kappa shape index (κ3) is 6.03. The van der Waals surface area contributed by atoms with Gasteiger partial charge < -0.3 is 20.5 Å². The van der Waals surface area contributed by atoms with Gasteiger partial charge in [-0.25, -0.2) is 4.79 Å². The first kappa shape index (κ1) is 23.7. The molecule has 1 atom stereocenters. The van der Waals surface area contributed by atoms with Crippen LogP contribution in [0.3, 0.4) is 0 Å². The molecular formula is C24H28N2O5S. The van der Waals surface area contributed by atoms with Crippen molar-refractivity contribution < 1.29 is 24.2 Å². The first-order valence-electron chi connectivity index (χ1n) is 10.7. The van der Waals surface area contributed by atoms with Crippen molar-refractivity contribution in [1.29, 1.82) is 0 Å². The Labute approximate surface area is 191 Å². The van der Waals surface area contributed by atoms with E-state index in [2.05, 4.69) is 17.6 Å². The Morgan fingerprint density at radius 2 is 1.69 bits per heavy atom. The Hall–Kier alpha value is -3.00. The first-order chi connectivity index (χ1) is 15.5. The maximum Gasteiger partial charge on any atom is 0.407 e. The average Bonchev–Trinajstić information content (AvgIpc) is 3.10. The molecule has 0 saturated heterocycles. The van der Waals surface area contributed by atoms with Gasteiger partial charge in [0.15, 0.2) is 0 Å². The van der Waals surface area contributed by atoms with E-state index in [1.54, 1.807) is 11.8 Å². The predicted octanol–water partition coefficient (Wildman–Crippen LogP) is 3.63. The number of benzene rings is 2. The Morgan fingerprint density at radius 3 is 2.28 bits per heavy atom. The van der Waals surface area contributed by atoms with Crippen molar-refractivity contribution in [3.05, 3.63) is 59.7 Å². The third-order valence-electron chi connectivity index (χ3n) is 5.30. The molecular weight excluding hydrogens is 428 g/mol. The van der Waals surface area contributed by atoms with E-state index in [0.717, 1.165) is 40.2 Å². The van der Waals surface area contributed by atoms with Crippen LogP contribution in [-0.2, 0) is 14.3 Å². The largest absolute Gasteiger partial charge is 0.481 e. The summed E-state index contributed by atoms with van der Waals surface area (Å²) in [6.07, 6.45) is -0.552. The van der Waals surface area contributed by atoms with E-state index in [1.807, 2.05) is 48.5 Å². The SMILES string of the molecule is CCSCCCNC(=O)C(CC(=O)O)NC(=O)OCC1c2ccccc2-c2ccccc21. The number of hydrogen-bond acceptors (Lipinski definition) is 5. The Balaban J connectivity index is 1.58. The van der Waals surface area contributed by atoms with Gasteiger partial charge in [-0.2, -0.15) is 11.8 Å². The van der Waals surface area contributed by atoms with E-state index >= 15 is 0 Å². The molecule has 32 heavy (non-hydrogen) atoms. The van der Waals surface area contributed by atoms with Gasteiger partial charge in [-0.1, -0.05) is 55.5 Å². The van der Waals surface area contributed by atoms with Crippen molar-refractivity contribution in [3.8, 4) is 11.1 Å². The molecule has 1 aliphatic carbocycles. The second-order valence-electron chi connectivity index (χ2n) is 7.46. The topological polar surface area (TPSA) is 105 Å². The number of amides is 2. The molecule has 2 amide bonds. The summed E-state index contributed by atoms with van der Waals surface area (Å²) >= 11 is 1.76. The quantitative estimate of drug-likeness (QED) is 0.446. The number of hydrogen-bond donors (Lipinski definition) is 3. The third-order valence-corrected chi connectivity index (χ3v) is 6.29. The molecule has 3 N–H and O–H groups in total. The van der Waals surface area contributed by atoms with Gasteiger partial charge in [-0.3, -0.25) is 9.59 Å². The van der Waals surface area contributed by atoms with Crippen molar-refractivity contribution in [3.63, 3.8) is 0 Å². The monoisotopic (exact) mass is 456 g/mol. The van der Waals surface area contributed by atoms with E-state index in [0.29, 0.717) is 6.54 Å². The number of fused-ring (bicyclic) bond motifs is 3. The number of aliphatic carboxylic acids is 1. The fourth-order valence-electron chi connectivity index (χ4n) is 3.82. The summed E-state index contributed by atoms with van der Waals surface area (Å²) in [4.78, 5) is 36.0. The zero-order valence-corrected chi connectivity index (χ0v) is 18.8. The van der Waals surface area contributed by atoms with Crippen molar-refractivity contribution in [2.24, 2.45) is 0 Å². The highest BCUT2D eigenvalue weighted by molar-refractivity contribution is 7.99. The van der Waals surface area contributed by atoms with E-state index < -0.39 is 30.4 Å². The van der Waals surface area contributed by atoms with Crippen LogP contribution in [0.25, 0.3) is 11.1 Å². The second-order valence-corrected chi connectivity index (χ2v) is 8.86. The average molecular weight is 457 g/mol. The zero-order valence-electron chi connectivity index (χ0n) is 18.0. The van der Waals surface area contributed by atoms with Crippen molar-refractivity contribution >= 4 is 29.7 Å². The van der Waals surface area contributed by atoms with Gasteiger partial charge in [0.25, 0.3) is 0 Å². The summed E-state index contributed by atoms with van der Waals surface area (Å²) < 4.78 is 5.43. The molecule has 7 nitrogen and oxygen atoms in total. The minimum absolute atomic E-state index is 0.0928. The fourth-order valence-corrected chi connectivity index (χ4v) is 4.46. The van der Waals surface area contributed by atoms with Crippen molar-refractivity contribution in [2.45, 2.75) is 31.7 Å². The van der Waals surface area contributed by atoms with Crippen LogP contribution >= 0.6 is 11.8 Å². The molecule has 0 radical (unpaired) electrons. The summed E-state index contributed by atoms with van der Waals surface area (Å²) in [6, 6.07) is 14.8. The highest BCUT2D eigenvalue weighted by Crippen LogP contribution is 2.44.